The summed E-state index contributed by atoms with van der Waals surface area (Å²) in [7, 11) is 0. The molecule has 6 heteroatoms. The fourth-order valence-corrected chi connectivity index (χ4v) is 3.80. The Bertz CT molecular complexity index is 916. The largest absolute Gasteiger partial charge is 0.321 e. The van der Waals surface area contributed by atoms with Crippen LogP contribution in [0.25, 0.3) is 6.08 Å². The molecule has 1 aliphatic heterocycles. The summed E-state index contributed by atoms with van der Waals surface area (Å²) < 4.78 is 0. The minimum Gasteiger partial charge on any atom is -0.321 e. The molecule has 5 nitrogen and oxygen atoms in total. The summed E-state index contributed by atoms with van der Waals surface area (Å²) in [5, 5.41) is 11.6. The lowest BCUT2D eigenvalue weighted by Crippen LogP contribution is -2.23. The van der Waals surface area contributed by atoms with Gasteiger partial charge in [0.05, 0.1) is 11.8 Å². The van der Waals surface area contributed by atoms with Crippen molar-refractivity contribution in [3.05, 3.63) is 60.2 Å². The van der Waals surface area contributed by atoms with E-state index in [0.29, 0.717) is 18.6 Å². The molecule has 1 N–H and O–H groups in total. The fraction of sp³-hybridized carbons (Fsp3) is 0.227. The van der Waals surface area contributed by atoms with E-state index in [1.165, 1.54) is 6.08 Å². The molecular weight excluding hydrogens is 370 g/mol. The molecule has 0 bridgehead atoms. The molecule has 2 aromatic rings. The number of rotatable bonds is 7. The highest BCUT2D eigenvalue weighted by Gasteiger charge is 2.21. The average molecular weight is 391 g/mol. The van der Waals surface area contributed by atoms with Gasteiger partial charge in [0.25, 0.3) is 0 Å². The van der Waals surface area contributed by atoms with E-state index in [0.717, 1.165) is 34.8 Å². The lowest BCUT2D eigenvalue weighted by Gasteiger charge is -2.15. The van der Waals surface area contributed by atoms with Crippen molar-refractivity contribution in [1.82, 2.24) is 0 Å². The zero-order chi connectivity index (χ0) is 19.8. The minimum atomic E-state index is -0.216. The van der Waals surface area contributed by atoms with Crippen LogP contribution in [-0.4, -0.2) is 24.1 Å². The lowest BCUT2D eigenvalue weighted by atomic mass is 10.2. The number of benzene rings is 2. The Hall–Kier alpha value is -3.04. The van der Waals surface area contributed by atoms with Gasteiger partial charge in [-0.1, -0.05) is 24.3 Å². The van der Waals surface area contributed by atoms with Gasteiger partial charge in [0, 0.05) is 41.8 Å². The molecule has 1 aliphatic rings. The highest BCUT2D eigenvalue weighted by atomic mass is 32.2. The average Bonchev–Trinajstić information content (AvgIpc) is 3.14. The molecule has 0 saturated carbocycles. The maximum absolute atomic E-state index is 12.3. The van der Waals surface area contributed by atoms with Crippen LogP contribution < -0.4 is 10.2 Å². The van der Waals surface area contributed by atoms with Crippen molar-refractivity contribution in [3.8, 4) is 6.07 Å². The SMILES string of the molecule is N#CCCSc1ccccc1NC(=O)/C=C/c1ccc(N2CCCC2=O)cc1. The van der Waals surface area contributed by atoms with Crippen molar-refractivity contribution < 1.29 is 9.59 Å². The summed E-state index contributed by atoms with van der Waals surface area (Å²) in [5.41, 5.74) is 2.53. The predicted molar refractivity (Wildman–Crippen MR) is 113 cm³/mol. The first-order chi connectivity index (χ1) is 13.7. The van der Waals surface area contributed by atoms with Gasteiger partial charge in [0.1, 0.15) is 0 Å². The van der Waals surface area contributed by atoms with Crippen molar-refractivity contribution >= 4 is 41.0 Å². The molecular formula is C22H21N3O2S. The van der Waals surface area contributed by atoms with Crippen molar-refractivity contribution in [2.24, 2.45) is 0 Å². The van der Waals surface area contributed by atoms with E-state index >= 15 is 0 Å². The van der Waals surface area contributed by atoms with Crippen LogP contribution in [0.1, 0.15) is 24.8 Å². The van der Waals surface area contributed by atoms with Crippen LogP contribution in [-0.2, 0) is 9.59 Å². The molecule has 0 radical (unpaired) electrons. The van der Waals surface area contributed by atoms with E-state index in [1.54, 1.807) is 22.7 Å². The Kier molecular flexibility index (Phi) is 6.88. The van der Waals surface area contributed by atoms with Gasteiger partial charge in [-0.3, -0.25) is 9.59 Å². The molecule has 2 aromatic carbocycles. The topological polar surface area (TPSA) is 73.2 Å². The van der Waals surface area contributed by atoms with E-state index in [-0.39, 0.29) is 11.8 Å². The van der Waals surface area contributed by atoms with E-state index in [9.17, 15) is 9.59 Å². The minimum absolute atomic E-state index is 0.161. The number of para-hydroxylation sites is 1. The van der Waals surface area contributed by atoms with Crippen molar-refractivity contribution in [2.45, 2.75) is 24.2 Å². The van der Waals surface area contributed by atoms with Gasteiger partial charge >= 0.3 is 0 Å². The van der Waals surface area contributed by atoms with Crippen LogP contribution in [0.15, 0.2) is 59.5 Å². The Labute approximate surface area is 169 Å². The zero-order valence-corrected chi connectivity index (χ0v) is 16.2. The molecule has 3 rings (SSSR count). The van der Waals surface area contributed by atoms with Crippen molar-refractivity contribution in [2.75, 3.05) is 22.5 Å². The molecule has 1 saturated heterocycles. The van der Waals surface area contributed by atoms with Gasteiger partial charge in [-0.25, -0.2) is 0 Å². The second-order valence-electron chi connectivity index (χ2n) is 6.32. The first-order valence-corrected chi connectivity index (χ1v) is 10.1. The number of hydrogen-bond acceptors (Lipinski definition) is 4. The van der Waals surface area contributed by atoms with Crippen LogP contribution in [0, 0.1) is 11.3 Å². The third-order valence-electron chi connectivity index (χ3n) is 4.32. The predicted octanol–water partition coefficient (Wildman–Crippen LogP) is 4.47. The fourth-order valence-electron chi connectivity index (χ4n) is 2.94. The molecule has 1 heterocycles. The highest BCUT2D eigenvalue weighted by molar-refractivity contribution is 7.99. The van der Waals surface area contributed by atoms with Crippen LogP contribution in [0.4, 0.5) is 11.4 Å². The van der Waals surface area contributed by atoms with E-state index < -0.39 is 0 Å². The molecule has 0 atom stereocenters. The molecule has 1 fully saturated rings. The van der Waals surface area contributed by atoms with E-state index in [4.69, 9.17) is 5.26 Å². The van der Waals surface area contributed by atoms with E-state index in [2.05, 4.69) is 11.4 Å². The second-order valence-corrected chi connectivity index (χ2v) is 7.45. The Balaban J connectivity index is 1.60. The quantitative estimate of drug-likeness (QED) is 0.429. The van der Waals surface area contributed by atoms with Gasteiger partial charge in [0.2, 0.25) is 11.8 Å². The molecule has 2 amide bonds. The second kappa shape index (κ2) is 9.77. The molecule has 0 spiro atoms. The molecule has 0 aromatic heterocycles. The van der Waals surface area contributed by atoms with Crippen LogP contribution >= 0.6 is 11.8 Å². The Morgan fingerprint density at radius 3 is 2.71 bits per heavy atom. The number of carbonyl (C=O) groups excluding carboxylic acids is 2. The number of nitrogens with one attached hydrogen (secondary N) is 1. The number of hydrogen-bond donors (Lipinski definition) is 1. The molecule has 142 valence electrons. The van der Waals surface area contributed by atoms with Gasteiger partial charge in [-0.15, -0.1) is 11.8 Å². The standard InChI is InChI=1S/C22H21N3O2S/c23-14-4-16-28-20-6-2-1-5-19(20)24-21(26)13-10-17-8-11-18(12-9-17)25-15-3-7-22(25)27/h1-2,5-6,8-13H,3-4,7,15-16H2,(H,24,26)/b13-10+. The summed E-state index contributed by atoms with van der Waals surface area (Å²) >= 11 is 1.55. The first-order valence-electron chi connectivity index (χ1n) is 9.15. The molecule has 28 heavy (non-hydrogen) atoms. The smallest absolute Gasteiger partial charge is 0.248 e. The van der Waals surface area contributed by atoms with Gasteiger partial charge in [0.15, 0.2) is 0 Å². The summed E-state index contributed by atoms with van der Waals surface area (Å²) in [5.74, 6) is 0.631. The zero-order valence-electron chi connectivity index (χ0n) is 15.4. The maximum atomic E-state index is 12.3. The Morgan fingerprint density at radius 1 is 1.21 bits per heavy atom. The number of anilines is 2. The monoisotopic (exact) mass is 391 g/mol. The van der Waals surface area contributed by atoms with Crippen LogP contribution in [0.3, 0.4) is 0 Å². The molecule has 0 unspecified atom stereocenters. The van der Waals surface area contributed by atoms with Crippen molar-refractivity contribution in [3.63, 3.8) is 0 Å². The van der Waals surface area contributed by atoms with Gasteiger partial charge < -0.3 is 10.2 Å². The highest BCUT2D eigenvalue weighted by Crippen LogP contribution is 2.27. The van der Waals surface area contributed by atoms with Gasteiger partial charge in [-0.05, 0) is 42.3 Å². The van der Waals surface area contributed by atoms with Crippen molar-refractivity contribution in [1.29, 1.82) is 5.26 Å². The first kappa shape index (κ1) is 19.7. The lowest BCUT2D eigenvalue weighted by molar-refractivity contribution is -0.117. The third-order valence-corrected chi connectivity index (χ3v) is 5.40. The normalized spacial score (nSPS) is 13.7. The summed E-state index contributed by atoms with van der Waals surface area (Å²) in [4.78, 5) is 26.8. The van der Waals surface area contributed by atoms with Gasteiger partial charge in [-0.2, -0.15) is 5.26 Å². The van der Waals surface area contributed by atoms with Crippen LogP contribution in [0.5, 0.6) is 0 Å². The summed E-state index contributed by atoms with van der Waals surface area (Å²) in [6.45, 7) is 0.766. The van der Waals surface area contributed by atoms with Crippen LogP contribution in [0.2, 0.25) is 0 Å². The number of nitrogens with zero attached hydrogens (tertiary/aromatic N) is 2. The molecule has 0 aliphatic carbocycles. The summed E-state index contributed by atoms with van der Waals surface area (Å²) in [6.07, 6.45) is 5.21. The number of carbonyl (C=O) groups is 2. The number of thioether (sulfide) groups is 1. The number of amides is 2. The Morgan fingerprint density at radius 2 is 2.00 bits per heavy atom. The maximum Gasteiger partial charge on any atom is 0.248 e. The third kappa shape index (κ3) is 5.24. The van der Waals surface area contributed by atoms with E-state index in [1.807, 2.05) is 48.5 Å². The number of nitriles is 1. The summed E-state index contributed by atoms with van der Waals surface area (Å²) in [6, 6.07) is 17.3.